The molecule has 5 heteroatoms. The molecule has 0 aromatic heterocycles. The predicted molar refractivity (Wildman–Crippen MR) is 92.6 cm³/mol. The lowest BCUT2D eigenvalue weighted by atomic mass is 10.1. The number of benzene rings is 2. The molecular formula is C18H21ClN2O2. The fourth-order valence-electron chi connectivity index (χ4n) is 2.17. The quantitative estimate of drug-likeness (QED) is 0.730. The van der Waals surface area contributed by atoms with Gasteiger partial charge >= 0.3 is 6.03 Å². The van der Waals surface area contributed by atoms with Gasteiger partial charge < -0.3 is 15.7 Å². The van der Waals surface area contributed by atoms with E-state index in [1.165, 1.54) is 0 Å². The summed E-state index contributed by atoms with van der Waals surface area (Å²) in [6.07, 6.45) is 1.53. The molecule has 0 aliphatic carbocycles. The van der Waals surface area contributed by atoms with Crippen LogP contribution < -0.4 is 10.6 Å². The van der Waals surface area contributed by atoms with Crippen molar-refractivity contribution in [3.8, 4) is 0 Å². The zero-order chi connectivity index (χ0) is 16.5. The average Bonchev–Trinajstić information content (AvgIpc) is 2.57. The topological polar surface area (TPSA) is 61.4 Å². The van der Waals surface area contributed by atoms with Crippen LogP contribution >= 0.6 is 11.6 Å². The van der Waals surface area contributed by atoms with Crippen molar-refractivity contribution in [2.45, 2.75) is 19.4 Å². The number of urea groups is 1. The van der Waals surface area contributed by atoms with E-state index in [1.54, 1.807) is 0 Å². The van der Waals surface area contributed by atoms with E-state index in [4.69, 9.17) is 16.7 Å². The van der Waals surface area contributed by atoms with Crippen molar-refractivity contribution in [1.82, 2.24) is 10.6 Å². The minimum absolute atomic E-state index is 0.0502. The second-order valence-corrected chi connectivity index (χ2v) is 5.72. The molecule has 0 aliphatic heterocycles. The maximum absolute atomic E-state index is 11.7. The van der Waals surface area contributed by atoms with Crippen LogP contribution in [-0.4, -0.2) is 24.2 Å². The molecule has 0 saturated heterocycles. The van der Waals surface area contributed by atoms with Crippen molar-refractivity contribution >= 4 is 17.6 Å². The fraction of sp³-hybridized carbons (Fsp3) is 0.278. The molecule has 0 aliphatic rings. The first-order valence-electron chi connectivity index (χ1n) is 7.62. The molecule has 0 spiro atoms. The normalized spacial score (nSPS) is 10.3. The van der Waals surface area contributed by atoms with E-state index in [-0.39, 0.29) is 12.6 Å². The van der Waals surface area contributed by atoms with Gasteiger partial charge in [-0.3, -0.25) is 0 Å². The van der Waals surface area contributed by atoms with Gasteiger partial charge in [-0.1, -0.05) is 48.0 Å². The highest BCUT2D eigenvalue weighted by Crippen LogP contribution is 2.09. The number of hydrogen-bond donors (Lipinski definition) is 3. The number of carbonyl (C=O) groups excluding carboxylic acids is 1. The molecule has 0 fully saturated rings. The Morgan fingerprint density at radius 2 is 1.26 bits per heavy atom. The van der Waals surface area contributed by atoms with Crippen molar-refractivity contribution in [3.05, 3.63) is 70.2 Å². The van der Waals surface area contributed by atoms with Gasteiger partial charge in [0.05, 0.1) is 6.61 Å². The Morgan fingerprint density at radius 3 is 1.74 bits per heavy atom. The molecule has 0 radical (unpaired) electrons. The molecule has 2 amide bonds. The molecule has 0 heterocycles. The van der Waals surface area contributed by atoms with E-state index in [0.29, 0.717) is 18.1 Å². The van der Waals surface area contributed by atoms with Crippen molar-refractivity contribution in [3.63, 3.8) is 0 Å². The first-order valence-corrected chi connectivity index (χ1v) is 8.00. The Labute approximate surface area is 141 Å². The number of nitrogens with one attached hydrogen (secondary N) is 2. The largest absolute Gasteiger partial charge is 0.392 e. The molecule has 4 nitrogen and oxygen atoms in total. The standard InChI is InChI=1S/C18H21ClN2O2/c19-17-7-5-15(6-8-17)10-12-21-18(23)20-11-9-14-1-3-16(13-22)4-2-14/h1-8,22H,9-13H2,(H2,20,21,23). The van der Waals surface area contributed by atoms with E-state index in [9.17, 15) is 4.79 Å². The van der Waals surface area contributed by atoms with Crippen LogP contribution in [0.4, 0.5) is 4.79 Å². The van der Waals surface area contributed by atoms with E-state index in [2.05, 4.69) is 10.6 Å². The van der Waals surface area contributed by atoms with Gasteiger partial charge in [0.1, 0.15) is 0 Å². The van der Waals surface area contributed by atoms with Gasteiger partial charge in [0.15, 0.2) is 0 Å². The van der Waals surface area contributed by atoms with Gasteiger partial charge in [-0.2, -0.15) is 0 Å². The molecule has 2 rings (SSSR count). The summed E-state index contributed by atoms with van der Waals surface area (Å²) in [6.45, 7) is 1.21. The molecule has 0 atom stereocenters. The van der Waals surface area contributed by atoms with Gasteiger partial charge in [0, 0.05) is 18.1 Å². The zero-order valence-electron chi connectivity index (χ0n) is 12.9. The smallest absolute Gasteiger partial charge is 0.314 e. The van der Waals surface area contributed by atoms with Crippen LogP contribution in [0.5, 0.6) is 0 Å². The maximum Gasteiger partial charge on any atom is 0.314 e. The van der Waals surface area contributed by atoms with Crippen LogP contribution in [0, 0.1) is 0 Å². The lowest BCUT2D eigenvalue weighted by molar-refractivity contribution is 0.241. The summed E-state index contributed by atoms with van der Waals surface area (Å²) >= 11 is 5.83. The van der Waals surface area contributed by atoms with E-state index in [1.807, 2.05) is 48.5 Å². The first kappa shape index (κ1) is 17.3. The van der Waals surface area contributed by atoms with Crippen LogP contribution in [0.3, 0.4) is 0 Å². The number of carbonyl (C=O) groups is 1. The maximum atomic E-state index is 11.7. The fourth-order valence-corrected chi connectivity index (χ4v) is 2.29. The monoisotopic (exact) mass is 332 g/mol. The van der Waals surface area contributed by atoms with Gasteiger partial charge in [-0.15, -0.1) is 0 Å². The summed E-state index contributed by atoms with van der Waals surface area (Å²) in [4.78, 5) is 11.7. The molecule has 2 aromatic carbocycles. The molecule has 0 unspecified atom stereocenters. The number of rotatable bonds is 7. The molecular weight excluding hydrogens is 312 g/mol. The minimum atomic E-state index is -0.161. The lowest BCUT2D eigenvalue weighted by Gasteiger charge is -2.08. The lowest BCUT2D eigenvalue weighted by Crippen LogP contribution is -2.37. The van der Waals surface area contributed by atoms with Crippen molar-refractivity contribution in [1.29, 1.82) is 0 Å². The van der Waals surface area contributed by atoms with Crippen molar-refractivity contribution in [2.24, 2.45) is 0 Å². The Balaban J connectivity index is 1.62. The molecule has 0 saturated carbocycles. The number of aliphatic hydroxyl groups excluding tert-OH is 1. The Morgan fingerprint density at radius 1 is 0.826 bits per heavy atom. The van der Waals surface area contributed by atoms with Crippen LogP contribution in [0.2, 0.25) is 5.02 Å². The highest BCUT2D eigenvalue weighted by Gasteiger charge is 2.00. The van der Waals surface area contributed by atoms with Gasteiger partial charge in [-0.05, 0) is 41.7 Å². The summed E-state index contributed by atoms with van der Waals surface area (Å²) < 4.78 is 0. The van der Waals surface area contributed by atoms with Crippen LogP contribution in [-0.2, 0) is 19.4 Å². The average molecular weight is 333 g/mol. The molecule has 122 valence electrons. The summed E-state index contributed by atoms with van der Waals surface area (Å²) in [5.41, 5.74) is 3.16. The third-order valence-corrected chi connectivity index (χ3v) is 3.77. The molecule has 2 aromatic rings. The van der Waals surface area contributed by atoms with E-state index < -0.39 is 0 Å². The first-order chi connectivity index (χ1) is 11.2. The Hall–Kier alpha value is -2.04. The van der Waals surface area contributed by atoms with E-state index >= 15 is 0 Å². The minimum Gasteiger partial charge on any atom is -0.392 e. The van der Waals surface area contributed by atoms with Crippen LogP contribution in [0.25, 0.3) is 0 Å². The number of hydrogen-bond acceptors (Lipinski definition) is 2. The Bertz CT molecular complexity index is 612. The third-order valence-electron chi connectivity index (χ3n) is 3.52. The summed E-state index contributed by atoms with van der Waals surface area (Å²) in [5, 5.41) is 15.4. The van der Waals surface area contributed by atoms with Crippen LogP contribution in [0.15, 0.2) is 48.5 Å². The highest BCUT2D eigenvalue weighted by molar-refractivity contribution is 6.30. The second kappa shape index (κ2) is 9.18. The SMILES string of the molecule is O=C(NCCc1ccc(Cl)cc1)NCCc1ccc(CO)cc1. The van der Waals surface area contributed by atoms with Crippen molar-refractivity contribution in [2.75, 3.05) is 13.1 Å². The predicted octanol–water partition coefficient (Wildman–Crippen LogP) is 2.92. The highest BCUT2D eigenvalue weighted by atomic mass is 35.5. The zero-order valence-corrected chi connectivity index (χ0v) is 13.6. The number of halogens is 1. The summed E-state index contributed by atoms with van der Waals surface area (Å²) in [7, 11) is 0. The van der Waals surface area contributed by atoms with Gasteiger partial charge in [0.2, 0.25) is 0 Å². The molecule has 0 bridgehead atoms. The number of aliphatic hydroxyl groups is 1. The summed E-state index contributed by atoms with van der Waals surface area (Å²) in [5.74, 6) is 0. The summed E-state index contributed by atoms with van der Waals surface area (Å²) in [6, 6.07) is 15.2. The van der Waals surface area contributed by atoms with Gasteiger partial charge in [-0.25, -0.2) is 4.79 Å². The third kappa shape index (κ3) is 6.30. The van der Waals surface area contributed by atoms with Crippen molar-refractivity contribution < 1.29 is 9.90 Å². The molecule has 23 heavy (non-hydrogen) atoms. The van der Waals surface area contributed by atoms with E-state index in [0.717, 1.165) is 29.5 Å². The van der Waals surface area contributed by atoms with Crippen LogP contribution in [0.1, 0.15) is 16.7 Å². The Kier molecular flexibility index (Phi) is 6.91. The second-order valence-electron chi connectivity index (χ2n) is 5.28. The molecule has 3 N–H and O–H groups in total. The number of amides is 2. The van der Waals surface area contributed by atoms with Gasteiger partial charge in [0.25, 0.3) is 0 Å².